The Hall–Kier alpha value is -2.77. The summed E-state index contributed by atoms with van der Waals surface area (Å²) >= 11 is 7.08. The summed E-state index contributed by atoms with van der Waals surface area (Å²) in [4.78, 5) is 27.5. The lowest BCUT2D eigenvalue weighted by atomic mass is 10.2. The quantitative estimate of drug-likeness (QED) is 0.762. The van der Waals surface area contributed by atoms with Crippen LogP contribution in [0, 0.1) is 0 Å². The molecule has 1 amide bonds. The number of amidine groups is 1. The van der Waals surface area contributed by atoms with Gasteiger partial charge in [0.05, 0.1) is 10.6 Å². The Balaban J connectivity index is 1.70. The number of carbonyl (C=O) groups excluding carboxylic acids is 1. The zero-order valence-electron chi connectivity index (χ0n) is 13.3. The fraction of sp³-hybridized carbons (Fsp3) is 0.0556. The first kappa shape index (κ1) is 18.0. The highest BCUT2D eigenvalue weighted by Crippen LogP contribution is 2.28. The number of thioether (sulfide) groups is 1. The molecule has 0 aromatic heterocycles. The Morgan fingerprint density at radius 3 is 2.54 bits per heavy atom. The average Bonchev–Trinajstić information content (AvgIpc) is 2.95. The summed E-state index contributed by atoms with van der Waals surface area (Å²) in [5.74, 6) is -0.820. The second-order valence-electron chi connectivity index (χ2n) is 5.21. The molecule has 1 heterocycles. The highest BCUT2D eigenvalue weighted by Gasteiger charge is 2.23. The van der Waals surface area contributed by atoms with E-state index in [-0.39, 0.29) is 5.91 Å². The van der Waals surface area contributed by atoms with Gasteiger partial charge in [0.15, 0.2) is 11.8 Å². The van der Waals surface area contributed by atoms with Crippen molar-refractivity contribution in [1.29, 1.82) is 0 Å². The Morgan fingerprint density at radius 2 is 1.88 bits per heavy atom. The maximum absolute atomic E-state index is 12.1. The van der Waals surface area contributed by atoms with E-state index >= 15 is 0 Å². The molecule has 6 nitrogen and oxygen atoms in total. The van der Waals surface area contributed by atoms with E-state index in [1.54, 1.807) is 54.6 Å². The fourth-order valence-electron chi connectivity index (χ4n) is 2.07. The second-order valence-corrected chi connectivity index (χ2v) is 6.68. The average molecular weight is 389 g/mol. The number of aliphatic imine (C=N–C) groups is 1. The summed E-state index contributed by atoms with van der Waals surface area (Å²) < 4.78 is 5.07. The standard InChI is InChI=1S/C18H13ClN2O4S/c19-12-3-5-13(6-4-12)20-18-21-17(24)15(26-18)9-11-1-7-14(8-2-11)25-10-16(22)23/h1-9H,10H2,(H,22,23)(H,20,21,24)/b15-9-. The van der Waals surface area contributed by atoms with Crippen molar-refractivity contribution in [3.05, 3.63) is 64.0 Å². The van der Waals surface area contributed by atoms with Crippen LogP contribution in [0.2, 0.25) is 5.02 Å². The molecule has 0 bridgehead atoms. The van der Waals surface area contributed by atoms with Crippen molar-refractivity contribution in [3.8, 4) is 5.75 Å². The zero-order chi connectivity index (χ0) is 18.5. The van der Waals surface area contributed by atoms with E-state index in [0.717, 1.165) is 5.56 Å². The number of hydrogen-bond acceptors (Lipinski definition) is 5. The summed E-state index contributed by atoms with van der Waals surface area (Å²) in [5, 5.41) is 12.4. The van der Waals surface area contributed by atoms with E-state index in [0.29, 0.717) is 26.5 Å². The van der Waals surface area contributed by atoms with E-state index in [4.69, 9.17) is 21.4 Å². The molecule has 0 unspecified atom stereocenters. The highest BCUT2D eigenvalue weighted by molar-refractivity contribution is 8.18. The second kappa shape index (κ2) is 8.07. The molecule has 8 heteroatoms. The third kappa shape index (κ3) is 4.87. The van der Waals surface area contributed by atoms with Gasteiger partial charge in [-0.15, -0.1) is 0 Å². The van der Waals surface area contributed by atoms with Crippen molar-refractivity contribution in [2.45, 2.75) is 0 Å². The normalized spacial score (nSPS) is 16.7. The summed E-state index contributed by atoms with van der Waals surface area (Å²) in [6.45, 7) is -0.400. The molecule has 0 atom stereocenters. The number of halogens is 1. The zero-order valence-corrected chi connectivity index (χ0v) is 14.9. The van der Waals surface area contributed by atoms with Crippen molar-refractivity contribution in [3.63, 3.8) is 0 Å². The summed E-state index contributed by atoms with van der Waals surface area (Å²) in [7, 11) is 0. The minimum Gasteiger partial charge on any atom is -0.482 e. The van der Waals surface area contributed by atoms with E-state index in [2.05, 4.69) is 10.3 Å². The van der Waals surface area contributed by atoms with Gasteiger partial charge in [-0.25, -0.2) is 9.79 Å². The molecule has 1 saturated heterocycles. The number of benzene rings is 2. The van der Waals surface area contributed by atoms with Gasteiger partial charge in [0, 0.05) is 5.02 Å². The van der Waals surface area contributed by atoms with Gasteiger partial charge in [-0.2, -0.15) is 0 Å². The number of carbonyl (C=O) groups is 2. The molecule has 1 aliphatic rings. The summed E-state index contributed by atoms with van der Waals surface area (Å²) in [5.41, 5.74) is 1.48. The predicted octanol–water partition coefficient (Wildman–Crippen LogP) is 3.70. The SMILES string of the molecule is O=C(O)COc1ccc(/C=C2\SC(=Nc3ccc(Cl)cc3)NC2=O)cc1. The molecule has 1 aliphatic heterocycles. The Kier molecular flexibility index (Phi) is 5.60. The lowest BCUT2D eigenvalue weighted by Crippen LogP contribution is -2.19. The predicted molar refractivity (Wildman–Crippen MR) is 102 cm³/mol. The molecule has 3 rings (SSSR count). The van der Waals surface area contributed by atoms with Crippen LogP contribution in [0.5, 0.6) is 5.75 Å². The molecule has 2 N–H and O–H groups in total. The van der Waals surface area contributed by atoms with Gasteiger partial charge in [0.1, 0.15) is 5.75 Å². The minimum atomic E-state index is -1.04. The Morgan fingerprint density at radius 1 is 1.19 bits per heavy atom. The molecular weight excluding hydrogens is 376 g/mol. The number of aliphatic carboxylic acids is 1. The van der Waals surface area contributed by atoms with Crippen LogP contribution in [0.1, 0.15) is 5.56 Å². The van der Waals surface area contributed by atoms with Gasteiger partial charge in [-0.1, -0.05) is 23.7 Å². The van der Waals surface area contributed by atoms with E-state index in [1.165, 1.54) is 11.8 Å². The van der Waals surface area contributed by atoms with E-state index < -0.39 is 12.6 Å². The number of ether oxygens (including phenoxy) is 1. The van der Waals surface area contributed by atoms with Crippen molar-refractivity contribution in [1.82, 2.24) is 5.32 Å². The van der Waals surface area contributed by atoms with Gasteiger partial charge in [0.2, 0.25) is 0 Å². The Labute approximate surface area is 158 Å². The topological polar surface area (TPSA) is 88.0 Å². The van der Waals surface area contributed by atoms with Crippen LogP contribution in [0.3, 0.4) is 0 Å². The van der Waals surface area contributed by atoms with E-state index in [9.17, 15) is 9.59 Å². The maximum atomic E-state index is 12.1. The number of hydrogen-bond donors (Lipinski definition) is 2. The van der Waals surface area contributed by atoms with Crippen LogP contribution < -0.4 is 10.1 Å². The van der Waals surface area contributed by atoms with Gasteiger partial charge in [-0.05, 0) is 59.8 Å². The number of amides is 1. The molecule has 26 heavy (non-hydrogen) atoms. The third-order valence-corrected chi connectivity index (χ3v) is 4.41. The lowest BCUT2D eigenvalue weighted by molar-refractivity contribution is -0.139. The number of nitrogens with one attached hydrogen (secondary N) is 1. The van der Waals surface area contributed by atoms with Crippen LogP contribution in [-0.4, -0.2) is 28.8 Å². The van der Waals surface area contributed by atoms with Crippen molar-refractivity contribution in [2.24, 2.45) is 4.99 Å². The van der Waals surface area contributed by atoms with Crippen molar-refractivity contribution < 1.29 is 19.4 Å². The first-order chi connectivity index (χ1) is 12.5. The van der Waals surface area contributed by atoms with Crippen molar-refractivity contribution in [2.75, 3.05) is 6.61 Å². The smallest absolute Gasteiger partial charge is 0.341 e. The largest absolute Gasteiger partial charge is 0.482 e. The molecule has 0 spiro atoms. The molecular formula is C18H13ClN2O4S. The first-order valence-corrected chi connectivity index (χ1v) is 8.69. The molecule has 2 aromatic carbocycles. The number of carboxylic acids is 1. The molecule has 2 aromatic rings. The van der Waals surface area contributed by atoms with Crippen LogP contribution in [0.15, 0.2) is 58.4 Å². The summed E-state index contributed by atoms with van der Waals surface area (Å²) in [6.07, 6.45) is 1.73. The lowest BCUT2D eigenvalue weighted by Gasteiger charge is -2.03. The first-order valence-electron chi connectivity index (χ1n) is 7.49. The van der Waals surface area contributed by atoms with Crippen LogP contribution >= 0.6 is 23.4 Å². The van der Waals surface area contributed by atoms with Crippen LogP contribution in [0.25, 0.3) is 6.08 Å². The molecule has 0 aliphatic carbocycles. The molecule has 0 saturated carbocycles. The maximum Gasteiger partial charge on any atom is 0.341 e. The number of rotatable bonds is 5. The highest BCUT2D eigenvalue weighted by atomic mass is 35.5. The fourth-order valence-corrected chi connectivity index (χ4v) is 3.04. The van der Waals surface area contributed by atoms with Crippen molar-refractivity contribution >= 4 is 52.2 Å². The number of carboxylic acid groups (broad SMARTS) is 1. The monoisotopic (exact) mass is 388 g/mol. The van der Waals surface area contributed by atoms with Crippen LogP contribution in [-0.2, 0) is 9.59 Å². The van der Waals surface area contributed by atoms with E-state index in [1.807, 2.05) is 0 Å². The molecule has 132 valence electrons. The van der Waals surface area contributed by atoms with Gasteiger partial charge in [-0.3, -0.25) is 4.79 Å². The molecule has 1 fully saturated rings. The minimum absolute atomic E-state index is 0.228. The van der Waals surface area contributed by atoms with Gasteiger partial charge in [0.25, 0.3) is 5.91 Å². The third-order valence-electron chi connectivity index (χ3n) is 3.25. The van der Waals surface area contributed by atoms with Crippen LogP contribution in [0.4, 0.5) is 5.69 Å². The van der Waals surface area contributed by atoms with Gasteiger partial charge >= 0.3 is 5.97 Å². The van der Waals surface area contributed by atoms with Gasteiger partial charge < -0.3 is 15.2 Å². The molecule has 0 radical (unpaired) electrons. The summed E-state index contributed by atoms with van der Waals surface area (Å²) in [6, 6.07) is 13.8. The Bertz CT molecular complexity index is 892. The number of nitrogens with zero attached hydrogens (tertiary/aromatic N) is 1.